The van der Waals surface area contributed by atoms with Crippen LogP contribution in [0.1, 0.15) is 54.9 Å². The van der Waals surface area contributed by atoms with Crippen LogP contribution >= 0.6 is 22.9 Å². The summed E-state index contributed by atoms with van der Waals surface area (Å²) < 4.78 is 2.32. The highest BCUT2D eigenvalue weighted by Gasteiger charge is 2.28. The first-order chi connectivity index (χ1) is 11.8. The van der Waals surface area contributed by atoms with E-state index in [9.17, 15) is 4.79 Å². The summed E-state index contributed by atoms with van der Waals surface area (Å²) in [5, 5.41) is 11.4. The molecule has 0 unspecified atom stereocenters. The standard InChI is InChI=1S/C18H25ClN4OS/c1-18(2,3)17(24)23-16(21-11-13-4-5-15(19)25-13)10-14(22-23)12-6-8-20-9-7-12/h4-5,10,12,20-21H,6-9,11H2,1-3H3. The number of hydrogen-bond donors (Lipinski definition) is 2. The monoisotopic (exact) mass is 380 g/mol. The molecular formula is C18H25ClN4OS. The number of piperidine rings is 1. The molecule has 2 N–H and O–H groups in total. The second-order valence-electron chi connectivity index (χ2n) is 7.51. The molecule has 5 nitrogen and oxygen atoms in total. The number of carbonyl (C=O) groups is 1. The van der Waals surface area contributed by atoms with E-state index in [4.69, 9.17) is 11.6 Å². The van der Waals surface area contributed by atoms with Gasteiger partial charge in [-0.2, -0.15) is 9.78 Å². The van der Waals surface area contributed by atoms with Crippen LogP contribution in [-0.2, 0) is 6.54 Å². The number of thiophene rings is 1. The molecule has 1 aliphatic heterocycles. The summed E-state index contributed by atoms with van der Waals surface area (Å²) in [6.45, 7) is 8.40. The first kappa shape index (κ1) is 18.4. The van der Waals surface area contributed by atoms with Gasteiger partial charge in [0.1, 0.15) is 5.82 Å². The fourth-order valence-corrected chi connectivity index (χ4v) is 3.97. The van der Waals surface area contributed by atoms with E-state index in [1.54, 1.807) is 16.0 Å². The second-order valence-corrected chi connectivity index (χ2v) is 9.30. The highest BCUT2D eigenvalue weighted by atomic mass is 35.5. The third-order valence-electron chi connectivity index (χ3n) is 4.39. The van der Waals surface area contributed by atoms with E-state index in [-0.39, 0.29) is 5.91 Å². The number of halogens is 1. The zero-order valence-corrected chi connectivity index (χ0v) is 16.5. The molecule has 0 atom stereocenters. The van der Waals surface area contributed by atoms with Crippen LogP contribution in [0.15, 0.2) is 18.2 Å². The summed E-state index contributed by atoms with van der Waals surface area (Å²) in [6.07, 6.45) is 2.11. The molecular weight excluding hydrogens is 356 g/mol. The van der Waals surface area contributed by atoms with Gasteiger partial charge in [0.2, 0.25) is 0 Å². The number of aromatic nitrogens is 2. The fourth-order valence-electron chi connectivity index (χ4n) is 2.94. The molecule has 0 bridgehead atoms. The van der Waals surface area contributed by atoms with Crippen LogP contribution < -0.4 is 10.6 Å². The SMILES string of the molecule is CC(C)(C)C(=O)n1nc(C2CCNCC2)cc1NCc1ccc(Cl)s1. The summed E-state index contributed by atoms with van der Waals surface area (Å²) in [5.74, 6) is 1.17. The van der Waals surface area contributed by atoms with Crippen molar-refractivity contribution in [3.63, 3.8) is 0 Å². The zero-order valence-electron chi connectivity index (χ0n) is 14.9. The van der Waals surface area contributed by atoms with E-state index in [1.807, 2.05) is 39.0 Å². The number of nitrogens with one attached hydrogen (secondary N) is 2. The van der Waals surface area contributed by atoms with Crippen molar-refractivity contribution < 1.29 is 4.79 Å². The average molecular weight is 381 g/mol. The minimum atomic E-state index is -0.486. The third-order valence-corrected chi connectivity index (χ3v) is 5.62. The molecule has 2 aromatic heterocycles. The van der Waals surface area contributed by atoms with Crippen molar-refractivity contribution >= 4 is 34.7 Å². The van der Waals surface area contributed by atoms with Gasteiger partial charge in [-0.1, -0.05) is 32.4 Å². The summed E-state index contributed by atoms with van der Waals surface area (Å²) in [4.78, 5) is 14.0. The normalized spacial score (nSPS) is 16.2. The Morgan fingerprint density at radius 3 is 2.72 bits per heavy atom. The van der Waals surface area contributed by atoms with Gasteiger partial charge < -0.3 is 10.6 Å². The molecule has 1 aliphatic rings. The number of rotatable bonds is 4. The molecule has 3 rings (SSSR count). The average Bonchev–Trinajstić information content (AvgIpc) is 3.18. The molecule has 0 aliphatic carbocycles. The van der Waals surface area contributed by atoms with Crippen molar-refractivity contribution in [1.82, 2.24) is 15.1 Å². The quantitative estimate of drug-likeness (QED) is 0.827. The third kappa shape index (κ3) is 4.43. The van der Waals surface area contributed by atoms with Crippen LogP contribution in [0.5, 0.6) is 0 Å². The van der Waals surface area contributed by atoms with Crippen LogP contribution in [-0.4, -0.2) is 28.8 Å². The Balaban J connectivity index is 1.85. The Bertz CT molecular complexity index is 741. The summed E-state index contributed by atoms with van der Waals surface area (Å²) >= 11 is 7.54. The van der Waals surface area contributed by atoms with Gasteiger partial charge in [0.15, 0.2) is 0 Å². The van der Waals surface area contributed by atoms with Gasteiger partial charge in [0.25, 0.3) is 5.91 Å². The Kier molecular flexibility index (Phi) is 5.51. The van der Waals surface area contributed by atoms with Gasteiger partial charge in [0, 0.05) is 22.3 Å². The maximum Gasteiger partial charge on any atom is 0.254 e. The van der Waals surface area contributed by atoms with Gasteiger partial charge in [-0.05, 0) is 38.1 Å². The van der Waals surface area contributed by atoms with Gasteiger partial charge in [-0.25, -0.2) is 0 Å². The predicted molar refractivity (Wildman–Crippen MR) is 104 cm³/mol. The van der Waals surface area contributed by atoms with E-state index >= 15 is 0 Å². The first-order valence-electron chi connectivity index (χ1n) is 8.68. The van der Waals surface area contributed by atoms with E-state index in [0.29, 0.717) is 12.5 Å². The molecule has 1 saturated heterocycles. The van der Waals surface area contributed by atoms with Crippen molar-refractivity contribution in [3.8, 4) is 0 Å². The van der Waals surface area contributed by atoms with Crippen LogP contribution in [0, 0.1) is 5.41 Å². The van der Waals surface area contributed by atoms with Gasteiger partial charge in [-0.15, -0.1) is 11.3 Å². The van der Waals surface area contributed by atoms with Gasteiger partial charge in [0.05, 0.1) is 16.6 Å². The van der Waals surface area contributed by atoms with Crippen molar-refractivity contribution in [2.45, 2.75) is 46.1 Å². The minimum absolute atomic E-state index is 0.000559. The largest absolute Gasteiger partial charge is 0.365 e. The fraction of sp³-hybridized carbons (Fsp3) is 0.556. The van der Waals surface area contributed by atoms with E-state index in [1.165, 1.54) is 0 Å². The molecule has 3 heterocycles. The molecule has 1 fully saturated rings. The lowest BCUT2D eigenvalue weighted by molar-refractivity contribution is 0.0751. The number of hydrogen-bond acceptors (Lipinski definition) is 5. The van der Waals surface area contributed by atoms with E-state index < -0.39 is 5.41 Å². The molecule has 136 valence electrons. The van der Waals surface area contributed by atoms with Crippen LogP contribution in [0.4, 0.5) is 5.82 Å². The first-order valence-corrected chi connectivity index (χ1v) is 9.87. The zero-order chi connectivity index (χ0) is 18.0. The topological polar surface area (TPSA) is 59.0 Å². The maximum atomic E-state index is 12.8. The van der Waals surface area contributed by atoms with Crippen molar-refractivity contribution in [2.75, 3.05) is 18.4 Å². The van der Waals surface area contributed by atoms with Crippen LogP contribution in [0.2, 0.25) is 4.34 Å². The maximum absolute atomic E-state index is 12.8. The molecule has 2 aromatic rings. The lowest BCUT2D eigenvalue weighted by Gasteiger charge is -2.21. The summed E-state index contributed by atoms with van der Waals surface area (Å²) in [6, 6.07) is 5.93. The smallest absolute Gasteiger partial charge is 0.254 e. The lowest BCUT2D eigenvalue weighted by Crippen LogP contribution is -2.29. The van der Waals surface area contributed by atoms with Crippen LogP contribution in [0.25, 0.3) is 0 Å². The van der Waals surface area contributed by atoms with E-state index in [2.05, 4.69) is 15.7 Å². The Hall–Kier alpha value is -1.37. The Morgan fingerprint density at radius 1 is 1.40 bits per heavy atom. The van der Waals surface area contributed by atoms with Gasteiger partial charge in [-0.3, -0.25) is 4.79 Å². The minimum Gasteiger partial charge on any atom is -0.365 e. The Labute approximate surface area is 157 Å². The number of carbonyl (C=O) groups excluding carboxylic acids is 1. The Morgan fingerprint density at radius 2 is 2.12 bits per heavy atom. The highest BCUT2D eigenvalue weighted by molar-refractivity contribution is 7.16. The molecule has 0 saturated carbocycles. The van der Waals surface area contributed by atoms with Crippen LogP contribution in [0.3, 0.4) is 0 Å². The van der Waals surface area contributed by atoms with E-state index in [0.717, 1.165) is 46.7 Å². The molecule has 0 amide bonds. The summed E-state index contributed by atoms with van der Waals surface area (Å²) in [5.41, 5.74) is 0.519. The number of anilines is 1. The highest BCUT2D eigenvalue weighted by Crippen LogP contribution is 2.29. The predicted octanol–water partition coefficient (Wildman–Crippen LogP) is 4.36. The second kappa shape index (κ2) is 7.48. The lowest BCUT2D eigenvalue weighted by atomic mass is 9.95. The molecule has 0 radical (unpaired) electrons. The van der Waals surface area contributed by atoms with Crippen molar-refractivity contribution in [3.05, 3.63) is 33.1 Å². The van der Waals surface area contributed by atoms with Gasteiger partial charge >= 0.3 is 0 Å². The number of nitrogens with zero attached hydrogens (tertiary/aromatic N) is 2. The summed E-state index contributed by atoms with van der Waals surface area (Å²) in [7, 11) is 0. The molecule has 7 heteroatoms. The molecule has 25 heavy (non-hydrogen) atoms. The van der Waals surface area contributed by atoms with Crippen molar-refractivity contribution in [1.29, 1.82) is 0 Å². The molecule has 0 spiro atoms. The molecule has 0 aromatic carbocycles. The van der Waals surface area contributed by atoms with Crippen molar-refractivity contribution in [2.24, 2.45) is 5.41 Å².